The van der Waals surface area contributed by atoms with Gasteiger partial charge in [-0.1, -0.05) is 82.6 Å². The molecule has 2 aromatic carbocycles. The Morgan fingerprint density at radius 1 is 0.857 bits per heavy atom. The zero-order valence-corrected chi connectivity index (χ0v) is 17.8. The van der Waals surface area contributed by atoms with Crippen LogP contribution in [0.2, 0.25) is 0 Å². The molecule has 4 rings (SSSR count). The quantitative estimate of drug-likeness (QED) is 0.461. The van der Waals surface area contributed by atoms with Gasteiger partial charge in [-0.15, -0.1) is 0 Å². The lowest BCUT2D eigenvalue weighted by Gasteiger charge is -2.26. The van der Waals surface area contributed by atoms with Gasteiger partial charge >= 0.3 is 0 Å². The van der Waals surface area contributed by atoms with Crippen molar-refractivity contribution in [1.82, 2.24) is 0 Å². The third-order valence-electron chi connectivity index (χ3n) is 5.96. The van der Waals surface area contributed by atoms with Gasteiger partial charge in [-0.2, -0.15) is 4.57 Å². The van der Waals surface area contributed by atoms with Crippen molar-refractivity contribution in [1.29, 1.82) is 0 Å². The van der Waals surface area contributed by atoms with Crippen molar-refractivity contribution < 1.29 is 4.57 Å². The number of aromatic nitrogens is 1. The van der Waals surface area contributed by atoms with Crippen LogP contribution in [0.25, 0.3) is 22.4 Å². The minimum absolute atomic E-state index is 0.0959. The van der Waals surface area contributed by atoms with E-state index in [9.17, 15) is 0 Å². The van der Waals surface area contributed by atoms with E-state index in [4.69, 9.17) is 0 Å². The van der Waals surface area contributed by atoms with Crippen molar-refractivity contribution in [2.75, 3.05) is 0 Å². The average Bonchev–Trinajstić information content (AvgIpc) is 2.71. The number of benzene rings is 2. The van der Waals surface area contributed by atoms with E-state index < -0.39 is 0 Å². The molecule has 0 radical (unpaired) electrons. The van der Waals surface area contributed by atoms with Gasteiger partial charge in [-0.05, 0) is 35.6 Å². The number of nitrogens with zero attached hydrogens (tertiary/aromatic N) is 1. The van der Waals surface area contributed by atoms with Crippen molar-refractivity contribution in [2.45, 2.75) is 65.3 Å². The second-order valence-corrected chi connectivity index (χ2v) is 9.05. The molecule has 0 N–H and O–H groups in total. The molecule has 1 aliphatic rings. The first-order valence-corrected chi connectivity index (χ1v) is 10.7. The third-order valence-corrected chi connectivity index (χ3v) is 5.96. The SMILES string of the molecule is CCCC[n+]1c(C(C)(C)C)cc(-c2ccccc2)c2c1-c1ccccc1CC2. The number of rotatable bonds is 4. The van der Waals surface area contributed by atoms with Crippen molar-refractivity contribution in [3.8, 4) is 22.4 Å². The van der Waals surface area contributed by atoms with E-state index in [1.807, 2.05) is 0 Å². The topological polar surface area (TPSA) is 3.88 Å². The standard InChI is InChI=1S/C27H32N/c1-5-6-18-28-25(27(2,3)4)19-24(20-12-8-7-9-13-20)23-17-16-21-14-10-11-15-22(21)26(23)28/h7-15,19H,5-6,16-18H2,1-4H3/q+1. The van der Waals surface area contributed by atoms with E-state index >= 15 is 0 Å². The maximum absolute atomic E-state index is 2.64. The highest BCUT2D eigenvalue weighted by atomic mass is 15.0. The summed E-state index contributed by atoms with van der Waals surface area (Å²) in [5.41, 5.74) is 10.2. The summed E-state index contributed by atoms with van der Waals surface area (Å²) in [5.74, 6) is 0. The highest BCUT2D eigenvalue weighted by Gasteiger charge is 2.35. The highest BCUT2D eigenvalue weighted by Crippen LogP contribution is 2.39. The molecule has 0 bridgehead atoms. The summed E-state index contributed by atoms with van der Waals surface area (Å²) < 4.78 is 2.64. The summed E-state index contributed by atoms with van der Waals surface area (Å²) in [6.07, 6.45) is 4.68. The van der Waals surface area contributed by atoms with E-state index in [0.717, 1.165) is 19.4 Å². The van der Waals surface area contributed by atoms with Crippen LogP contribution in [0.1, 0.15) is 57.4 Å². The fourth-order valence-corrected chi connectivity index (χ4v) is 4.55. The molecule has 1 nitrogen and oxygen atoms in total. The summed E-state index contributed by atoms with van der Waals surface area (Å²) in [6.45, 7) is 10.4. The van der Waals surface area contributed by atoms with Crippen LogP contribution in [0.4, 0.5) is 0 Å². The van der Waals surface area contributed by atoms with Crippen molar-refractivity contribution >= 4 is 0 Å². The van der Waals surface area contributed by atoms with Crippen LogP contribution in [0.3, 0.4) is 0 Å². The molecule has 0 unspecified atom stereocenters. The molecule has 0 fully saturated rings. The van der Waals surface area contributed by atoms with E-state index in [0.29, 0.717) is 0 Å². The van der Waals surface area contributed by atoms with Crippen LogP contribution in [0, 0.1) is 0 Å². The lowest BCUT2D eigenvalue weighted by atomic mass is 9.81. The Balaban J connectivity index is 2.07. The summed E-state index contributed by atoms with van der Waals surface area (Å²) in [6, 6.07) is 22.5. The predicted molar refractivity (Wildman–Crippen MR) is 119 cm³/mol. The van der Waals surface area contributed by atoms with Gasteiger partial charge in [0, 0.05) is 29.0 Å². The minimum Gasteiger partial charge on any atom is -0.195 e. The molecule has 0 spiro atoms. The van der Waals surface area contributed by atoms with E-state index in [1.54, 1.807) is 0 Å². The fourth-order valence-electron chi connectivity index (χ4n) is 4.55. The molecule has 0 amide bonds. The highest BCUT2D eigenvalue weighted by molar-refractivity contribution is 5.78. The lowest BCUT2D eigenvalue weighted by molar-refractivity contribution is -0.697. The number of aryl methyl sites for hydroxylation is 1. The third kappa shape index (κ3) is 3.39. The van der Waals surface area contributed by atoms with E-state index in [-0.39, 0.29) is 5.41 Å². The van der Waals surface area contributed by atoms with E-state index in [2.05, 4.69) is 92.9 Å². The number of hydrogen-bond acceptors (Lipinski definition) is 0. The van der Waals surface area contributed by atoms with Gasteiger partial charge in [0.1, 0.15) is 6.54 Å². The van der Waals surface area contributed by atoms with Gasteiger partial charge < -0.3 is 0 Å². The fraction of sp³-hybridized carbons (Fsp3) is 0.370. The molecule has 0 saturated carbocycles. The molecule has 3 aromatic rings. The lowest BCUT2D eigenvalue weighted by Crippen LogP contribution is -2.47. The minimum atomic E-state index is 0.0959. The first-order valence-electron chi connectivity index (χ1n) is 10.7. The molecule has 0 aliphatic heterocycles. The van der Waals surface area contributed by atoms with Gasteiger partial charge in [0.05, 0.1) is 0 Å². The molecule has 1 aliphatic carbocycles. The van der Waals surface area contributed by atoms with Crippen LogP contribution in [0.15, 0.2) is 60.7 Å². The molecule has 1 aromatic heterocycles. The van der Waals surface area contributed by atoms with Gasteiger partial charge in [-0.3, -0.25) is 0 Å². The monoisotopic (exact) mass is 370 g/mol. The largest absolute Gasteiger partial charge is 0.216 e. The van der Waals surface area contributed by atoms with Crippen LogP contribution in [0.5, 0.6) is 0 Å². The van der Waals surface area contributed by atoms with Gasteiger partial charge in [-0.25, -0.2) is 0 Å². The zero-order valence-electron chi connectivity index (χ0n) is 17.8. The predicted octanol–water partition coefficient (Wildman–Crippen LogP) is 6.50. The molecule has 1 heteroatoms. The number of hydrogen-bond donors (Lipinski definition) is 0. The Labute approximate surface area is 170 Å². The Hall–Kier alpha value is -2.41. The molecular formula is C27H32N+. The Bertz CT molecular complexity index is 977. The number of pyridine rings is 1. The maximum Gasteiger partial charge on any atom is 0.216 e. The molecule has 144 valence electrons. The second-order valence-electron chi connectivity index (χ2n) is 9.05. The molecule has 1 heterocycles. The second kappa shape index (κ2) is 7.54. The Kier molecular flexibility index (Phi) is 5.10. The Morgan fingerprint density at radius 2 is 1.57 bits per heavy atom. The van der Waals surface area contributed by atoms with Crippen LogP contribution in [-0.2, 0) is 24.8 Å². The first kappa shape index (κ1) is 18.9. The molecule has 0 saturated heterocycles. The van der Waals surface area contributed by atoms with Crippen LogP contribution in [-0.4, -0.2) is 0 Å². The Morgan fingerprint density at radius 3 is 2.29 bits per heavy atom. The summed E-state index contributed by atoms with van der Waals surface area (Å²) in [5, 5.41) is 0. The number of unbranched alkanes of at least 4 members (excludes halogenated alkanes) is 1. The van der Waals surface area contributed by atoms with Gasteiger partial charge in [0.2, 0.25) is 5.69 Å². The summed E-state index contributed by atoms with van der Waals surface area (Å²) in [4.78, 5) is 0. The van der Waals surface area contributed by atoms with Crippen LogP contribution >= 0.6 is 0 Å². The average molecular weight is 371 g/mol. The maximum atomic E-state index is 2.64. The van der Waals surface area contributed by atoms with Crippen molar-refractivity contribution in [2.24, 2.45) is 0 Å². The van der Waals surface area contributed by atoms with Gasteiger partial charge in [0.25, 0.3) is 0 Å². The van der Waals surface area contributed by atoms with E-state index in [1.165, 1.54) is 52.0 Å². The molecule has 28 heavy (non-hydrogen) atoms. The molecular weight excluding hydrogens is 338 g/mol. The van der Waals surface area contributed by atoms with Crippen molar-refractivity contribution in [3.63, 3.8) is 0 Å². The zero-order chi connectivity index (χ0) is 19.7. The normalized spacial score (nSPS) is 13.1. The smallest absolute Gasteiger partial charge is 0.195 e. The summed E-state index contributed by atoms with van der Waals surface area (Å²) >= 11 is 0. The summed E-state index contributed by atoms with van der Waals surface area (Å²) in [7, 11) is 0. The van der Waals surface area contributed by atoms with Gasteiger partial charge in [0.15, 0.2) is 5.69 Å². The number of fused-ring (bicyclic) bond motifs is 3. The van der Waals surface area contributed by atoms with Crippen LogP contribution < -0.4 is 4.57 Å². The first-order chi connectivity index (χ1) is 13.5. The molecule has 0 atom stereocenters. The van der Waals surface area contributed by atoms with Crippen molar-refractivity contribution in [3.05, 3.63) is 77.5 Å².